The summed E-state index contributed by atoms with van der Waals surface area (Å²) in [6, 6.07) is 9.87. The van der Waals surface area contributed by atoms with Crippen LogP contribution in [0.5, 0.6) is 0 Å². The third-order valence-electron chi connectivity index (χ3n) is 4.50. The molecule has 21 heavy (non-hydrogen) atoms. The zero-order chi connectivity index (χ0) is 15.5. The summed E-state index contributed by atoms with van der Waals surface area (Å²) in [4.78, 5) is 13.1. The quantitative estimate of drug-likeness (QED) is 0.927. The third kappa shape index (κ3) is 2.63. The van der Waals surface area contributed by atoms with Crippen molar-refractivity contribution in [1.82, 2.24) is 4.90 Å². The van der Waals surface area contributed by atoms with Gasteiger partial charge in [0.15, 0.2) is 5.72 Å². The van der Waals surface area contributed by atoms with Gasteiger partial charge in [0.1, 0.15) is 0 Å². The Hall–Kier alpha value is -1.59. The molecule has 0 spiro atoms. The summed E-state index contributed by atoms with van der Waals surface area (Å²) >= 11 is 0. The number of nitrogens with zero attached hydrogens (tertiary/aromatic N) is 1. The van der Waals surface area contributed by atoms with Gasteiger partial charge in [0.05, 0.1) is 12.0 Å². The fraction of sp³-hybridized carbons (Fsp3) is 0.562. The highest BCUT2D eigenvalue weighted by Gasteiger charge is 2.52. The molecule has 0 bridgehead atoms. The average Bonchev–Trinajstić information content (AvgIpc) is 2.53. The van der Waals surface area contributed by atoms with Crippen LogP contribution < -0.4 is 0 Å². The number of carbonyl (C=O) groups is 1. The molecular weight excluding hydrogens is 270 g/mol. The Kier molecular flexibility index (Phi) is 4.85. The molecule has 1 aromatic carbocycles. The van der Waals surface area contributed by atoms with E-state index in [4.69, 9.17) is 9.47 Å². The molecule has 1 aliphatic rings. The molecule has 1 aliphatic heterocycles. The first kappa shape index (κ1) is 15.8. The first-order valence-corrected chi connectivity index (χ1v) is 7.24. The summed E-state index contributed by atoms with van der Waals surface area (Å²) in [7, 11) is 3.25. The highest BCUT2D eigenvalue weighted by molar-refractivity contribution is 5.66. The van der Waals surface area contributed by atoms with Crippen LogP contribution in [-0.4, -0.2) is 48.7 Å². The van der Waals surface area contributed by atoms with Crippen LogP contribution in [0.15, 0.2) is 30.3 Å². The van der Waals surface area contributed by atoms with E-state index in [0.29, 0.717) is 19.4 Å². The standard InChI is InChI=1S/C16H23NO4/c1-4-16(21-3)14(12-8-6-5-7-9-12)13(20-2)10-11-17(16)15(18)19/h5-9,13-14H,4,10-11H2,1-3H3,(H,18,19). The van der Waals surface area contributed by atoms with Crippen molar-refractivity contribution in [3.05, 3.63) is 35.9 Å². The number of hydrogen-bond donors (Lipinski definition) is 1. The minimum atomic E-state index is -0.950. The number of rotatable bonds is 4. The van der Waals surface area contributed by atoms with Crippen LogP contribution in [0.25, 0.3) is 0 Å². The largest absolute Gasteiger partial charge is 0.465 e. The number of carboxylic acid groups (broad SMARTS) is 1. The molecule has 3 atom stereocenters. The van der Waals surface area contributed by atoms with Crippen LogP contribution in [0.1, 0.15) is 31.2 Å². The van der Waals surface area contributed by atoms with E-state index in [1.165, 1.54) is 4.90 Å². The van der Waals surface area contributed by atoms with Crippen molar-refractivity contribution in [2.75, 3.05) is 20.8 Å². The molecule has 0 aliphatic carbocycles. The molecule has 0 radical (unpaired) electrons. The molecule has 0 saturated carbocycles. The van der Waals surface area contributed by atoms with E-state index in [1.54, 1.807) is 14.2 Å². The lowest BCUT2D eigenvalue weighted by Crippen LogP contribution is -2.63. The van der Waals surface area contributed by atoms with Crippen LogP contribution >= 0.6 is 0 Å². The molecule has 0 aromatic heterocycles. The average molecular weight is 293 g/mol. The SMILES string of the molecule is CCC1(OC)C(c2ccccc2)C(OC)CCN1C(=O)O. The van der Waals surface area contributed by atoms with E-state index in [9.17, 15) is 9.90 Å². The Labute approximate surface area is 125 Å². The number of hydrogen-bond acceptors (Lipinski definition) is 3. The van der Waals surface area contributed by atoms with Gasteiger partial charge >= 0.3 is 6.09 Å². The fourth-order valence-corrected chi connectivity index (χ4v) is 3.51. The summed E-state index contributed by atoms with van der Waals surface area (Å²) in [5, 5.41) is 9.56. The number of likely N-dealkylation sites (tertiary alicyclic amines) is 1. The number of methoxy groups -OCH3 is 2. The maximum Gasteiger partial charge on any atom is 0.409 e. The maximum atomic E-state index is 11.7. The zero-order valence-electron chi connectivity index (χ0n) is 12.8. The molecular formula is C16H23NO4. The van der Waals surface area contributed by atoms with Gasteiger partial charge in [-0.25, -0.2) is 4.79 Å². The number of amides is 1. The van der Waals surface area contributed by atoms with Gasteiger partial charge in [-0.05, 0) is 18.4 Å². The minimum absolute atomic E-state index is 0.0668. The Balaban J connectivity index is 2.53. The normalized spacial score (nSPS) is 29.4. The summed E-state index contributed by atoms with van der Waals surface area (Å²) < 4.78 is 11.4. The summed E-state index contributed by atoms with van der Waals surface area (Å²) in [5.74, 6) is -0.149. The van der Waals surface area contributed by atoms with Crippen molar-refractivity contribution in [1.29, 1.82) is 0 Å². The van der Waals surface area contributed by atoms with E-state index in [2.05, 4.69) is 0 Å². The molecule has 1 saturated heterocycles. The van der Waals surface area contributed by atoms with Gasteiger partial charge in [0, 0.05) is 20.8 Å². The molecule has 2 rings (SSSR count). The van der Waals surface area contributed by atoms with Crippen molar-refractivity contribution in [2.45, 2.75) is 37.5 Å². The maximum absolute atomic E-state index is 11.7. The molecule has 1 N–H and O–H groups in total. The summed E-state index contributed by atoms with van der Waals surface area (Å²) in [5.41, 5.74) is 0.144. The molecule has 116 valence electrons. The number of ether oxygens (including phenoxy) is 2. The number of benzene rings is 1. The van der Waals surface area contributed by atoms with Gasteiger partial charge < -0.3 is 14.6 Å². The van der Waals surface area contributed by atoms with Gasteiger partial charge in [0.25, 0.3) is 0 Å². The van der Waals surface area contributed by atoms with E-state index in [0.717, 1.165) is 5.56 Å². The van der Waals surface area contributed by atoms with E-state index >= 15 is 0 Å². The Bertz CT molecular complexity index is 472. The number of piperidine rings is 1. The molecule has 1 aromatic rings. The third-order valence-corrected chi connectivity index (χ3v) is 4.50. The molecule has 5 nitrogen and oxygen atoms in total. The minimum Gasteiger partial charge on any atom is -0.465 e. The van der Waals surface area contributed by atoms with Gasteiger partial charge in [-0.1, -0.05) is 37.3 Å². The summed E-state index contributed by atoms with van der Waals surface area (Å²) in [6.45, 7) is 2.37. The van der Waals surface area contributed by atoms with Crippen molar-refractivity contribution in [3.8, 4) is 0 Å². The van der Waals surface area contributed by atoms with Gasteiger partial charge in [0.2, 0.25) is 0 Å². The summed E-state index contributed by atoms with van der Waals surface area (Å²) in [6.07, 6.45) is 0.208. The van der Waals surface area contributed by atoms with Crippen molar-refractivity contribution in [2.24, 2.45) is 0 Å². The first-order chi connectivity index (χ1) is 10.1. The Morgan fingerprint density at radius 3 is 2.52 bits per heavy atom. The van der Waals surface area contributed by atoms with Gasteiger partial charge in [-0.2, -0.15) is 0 Å². The topological polar surface area (TPSA) is 59.0 Å². The van der Waals surface area contributed by atoms with Crippen LogP contribution in [0.2, 0.25) is 0 Å². The highest BCUT2D eigenvalue weighted by atomic mass is 16.5. The van der Waals surface area contributed by atoms with Crippen LogP contribution in [0.4, 0.5) is 4.79 Å². The fourth-order valence-electron chi connectivity index (χ4n) is 3.51. The lowest BCUT2D eigenvalue weighted by molar-refractivity contribution is -0.186. The van der Waals surface area contributed by atoms with Crippen molar-refractivity contribution < 1.29 is 19.4 Å². The lowest BCUT2D eigenvalue weighted by atomic mass is 9.77. The lowest BCUT2D eigenvalue weighted by Gasteiger charge is -2.52. The van der Waals surface area contributed by atoms with Crippen LogP contribution in [0.3, 0.4) is 0 Å². The second-order valence-electron chi connectivity index (χ2n) is 5.29. The molecule has 3 unspecified atom stereocenters. The predicted molar refractivity (Wildman–Crippen MR) is 79.4 cm³/mol. The molecule has 1 fully saturated rings. The van der Waals surface area contributed by atoms with E-state index in [-0.39, 0.29) is 12.0 Å². The monoisotopic (exact) mass is 293 g/mol. The van der Waals surface area contributed by atoms with Crippen LogP contribution in [-0.2, 0) is 9.47 Å². The van der Waals surface area contributed by atoms with Gasteiger partial charge in [-0.15, -0.1) is 0 Å². The zero-order valence-corrected chi connectivity index (χ0v) is 12.8. The van der Waals surface area contributed by atoms with E-state index in [1.807, 2.05) is 37.3 Å². The first-order valence-electron chi connectivity index (χ1n) is 7.24. The molecule has 1 amide bonds. The Morgan fingerprint density at radius 2 is 2.05 bits per heavy atom. The van der Waals surface area contributed by atoms with Crippen LogP contribution in [0, 0.1) is 0 Å². The van der Waals surface area contributed by atoms with Gasteiger partial charge in [-0.3, -0.25) is 4.90 Å². The molecule has 5 heteroatoms. The van der Waals surface area contributed by atoms with Crippen molar-refractivity contribution in [3.63, 3.8) is 0 Å². The second-order valence-corrected chi connectivity index (χ2v) is 5.29. The smallest absolute Gasteiger partial charge is 0.409 e. The highest BCUT2D eigenvalue weighted by Crippen LogP contribution is 2.44. The Morgan fingerprint density at radius 1 is 1.38 bits per heavy atom. The van der Waals surface area contributed by atoms with E-state index < -0.39 is 11.8 Å². The predicted octanol–water partition coefficient (Wildman–Crippen LogP) is 2.92. The van der Waals surface area contributed by atoms with Crippen molar-refractivity contribution >= 4 is 6.09 Å². The second kappa shape index (κ2) is 6.45. The molecule has 1 heterocycles.